The molecule has 2 N–H and O–H groups in total. The van der Waals surface area contributed by atoms with E-state index in [4.69, 9.17) is 9.47 Å². The molecule has 1 fully saturated rings. The molecule has 0 unspecified atom stereocenters. The molecule has 8 nitrogen and oxygen atoms in total. The molecule has 2 amide bonds. The van der Waals surface area contributed by atoms with Gasteiger partial charge in [-0.3, -0.25) is 9.59 Å². The van der Waals surface area contributed by atoms with Crippen molar-refractivity contribution >= 4 is 24.0 Å². The van der Waals surface area contributed by atoms with Crippen LogP contribution in [0.1, 0.15) is 34.3 Å². The van der Waals surface area contributed by atoms with Gasteiger partial charge in [-0.25, -0.2) is 14.6 Å². The van der Waals surface area contributed by atoms with Gasteiger partial charge in [0.2, 0.25) is 5.91 Å². The van der Waals surface area contributed by atoms with E-state index in [2.05, 4.69) is 15.8 Å². The second-order valence-corrected chi connectivity index (χ2v) is 8.01. The fourth-order valence-corrected chi connectivity index (χ4v) is 3.88. The van der Waals surface area contributed by atoms with E-state index in [0.29, 0.717) is 24.5 Å². The van der Waals surface area contributed by atoms with Crippen molar-refractivity contribution in [3.63, 3.8) is 0 Å². The number of nitrogens with one attached hydrogen (secondary N) is 2. The molecule has 1 heterocycles. The van der Waals surface area contributed by atoms with Gasteiger partial charge in [0.25, 0.3) is 5.91 Å². The van der Waals surface area contributed by atoms with Crippen LogP contribution in [0.2, 0.25) is 0 Å². The molecule has 9 heteroatoms. The molecule has 2 atom stereocenters. The summed E-state index contributed by atoms with van der Waals surface area (Å²) in [5.41, 5.74) is 4.09. The molecule has 0 spiro atoms. The van der Waals surface area contributed by atoms with Crippen molar-refractivity contribution in [2.24, 2.45) is 11.0 Å². The Morgan fingerprint density at radius 3 is 2.56 bits per heavy atom. The van der Waals surface area contributed by atoms with Gasteiger partial charge in [0.05, 0.1) is 18.4 Å². The lowest BCUT2D eigenvalue weighted by atomic mass is 9.88. The number of carbonyl (C=O) groups excluding carboxylic acids is 3. The van der Waals surface area contributed by atoms with Gasteiger partial charge in [-0.15, -0.1) is 0 Å². The SMILES string of the molecule is CCOc1cc(/C=N/NC(=O)[C@H]2C(=O)NC[C@H]2c2ccccc2)ccc1OC(=O)c1ccc(F)cc1. The minimum absolute atomic E-state index is 0.181. The number of hydrogen-bond acceptors (Lipinski definition) is 6. The molecule has 0 aliphatic carbocycles. The Hall–Kier alpha value is -4.53. The number of nitrogens with zero attached hydrogens (tertiary/aromatic N) is 1. The van der Waals surface area contributed by atoms with Gasteiger partial charge in [-0.1, -0.05) is 30.3 Å². The number of hydrazone groups is 1. The van der Waals surface area contributed by atoms with Crippen molar-refractivity contribution in [1.29, 1.82) is 0 Å². The van der Waals surface area contributed by atoms with Crippen LogP contribution in [-0.2, 0) is 9.59 Å². The normalized spacial score (nSPS) is 17.0. The Balaban J connectivity index is 1.43. The minimum Gasteiger partial charge on any atom is -0.490 e. The first-order valence-electron chi connectivity index (χ1n) is 11.4. The van der Waals surface area contributed by atoms with Crippen LogP contribution in [-0.4, -0.2) is 37.1 Å². The smallest absolute Gasteiger partial charge is 0.343 e. The number of carbonyl (C=O) groups is 3. The summed E-state index contributed by atoms with van der Waals surface area (Å²) >= 11 is 0. The average molecular weight is 490 g/mol. The van der Waals surface area contributed by atoms with E-state index in [9.17, 15) is 18.8 Å². The predicted octanol–water partition coefficient (Wildman–Crippen LogP) is 3.42. The van der Waals surface area contributed by atoms with Gasteiger partial charge in [-0.05, 0) is 60.5 Å². The van der Waals surface area contributed by atoms with Crippen LogP contribution >= 0.6 is 0 Å². The van der Waals surface area contributed by atoms with Crippen molar-refractivity contribution in [3.8, 4) is 11.5 Å². The summed E-state index contributed by atoms with van der Waals surface area (Å²) in [5.74, 6) is -2.67. The quantitative estimate of drug-likeness (QED) is 0.166. The van der Waals surface area contributed by atoms with Gasteiger partial charge in [-0.2, -0.15) is 5.10 Å². The molecule has 36 heavy (non-hydrogen) atoms. The van der Waals surface area contributed by atoms with Crippen LogP contribution in [0.5, 0.6) is 11.5 Å². The fraction of sp³-hybridized carbons (Fsp3) is 0.185. The lowest BCUT2D eigenvalue weighted by molar-refractivity contribution is -0.133. The van der Waals surface area contributed by atoms with Crippen molar-refractivity contribution in [2.45, 2.75) is 12.8 Å². The molecule has 1 aliphatic rings. The number of amides is 2. The predicted molar refractivity (Wildman–Crippen MR) is 130 cm³/mol. The van der Waals surface area contributed by atoms with Gasteiger partial charge in [0, 0.05) is 12.5 Å². The zero-order valence-electron chi connectivity index (χ0n) is 19.4. The zero-order valence-corrected chi connectivity index (χ0v) is 19.4. The third kappa shape index (κ3) is 5.75. The van der Waals surface area contributed by atoms with Gasteiger partial charge < -0.3 is 14.8 Å². The van der Waals surface area contributed by atoms with E-state index in [-0.39, 0.29) is 23.1 Å². The molecule has 1 aliphatic heterocycles. The van der Waals surface area contributed by atoms with E-state index in [1.165, 1.54) is 36.5 Å². The van der Waals surface area contributed by atoms with Crippen LogP contribution in [0.3, 0.4) is 0 Å². The van der Waals surface area contributed by atoms with Crippen molar-refractivity contribution in [1.82, 2.24) is 10.7 Å². The first-order valence-corrected chi connectivity index (χ1v) is 11.4. The van der Waals surface area contributed by atoms with Crippen LogP contribution in [0, 0.1) is 11.7 Å². The molecule has 0 radical (unpaired) electrons. The fourth-order valence-electron chi connectivity index (χ4n) is 3.88. The lowest BCUT2D eigenvalue weighted by Crippen LogP contribution is -2.34. The second-order valence-electron chi connectivity index (χ2n) is 8.01. The Morgan fingerprint density at radius 2 is 1.83 bits per heavy atom. The van der Waals surface area contributed by atoms with Crippen molar-refractivity contribution < 1.29 is 28.2 Å². The Kier molecular flexibility index (Phi) is 7.69. The zero-order chi connectivity index (χ0) is 25.5. The molecule has 184 valence electrons. The number of esters is 1. The first kappa shape index (κ1) is 24.6. The summed E-state index contributed by atoms with van der Waals surface area (Å²) in [4.78, 5) is 37.4. The number of hydrogen-bond donors (Lipinski definition) is 2. The molecule has 4 rings (SSSR count). The van der Waals surface area contributed by atoms with E-state index in [0.717, 1.165) is 5.56 Å². The number of rotatable bonds is 8. The molecule has 0 bridgehead atoms. The number of ether oxygens (including phenoxy) is 2. The Morgan fingerprint density at radius 1 is 1.08 bits per heavy atom. The molecule has 1 saturated heterocycles. The van der Waals surface area contributed by atoms with Crippen LogP contribution in [0.25, 0.3) is 0 Å². The third-order valence-electron chi connectivity index (χ3n) is 5.63. The van der Waals surface area contributed by atoms with E-state index in [1.807, 2.05) is 30.3 Å². The summed E-state index contributed by atoms with van der Waals surface area (Å²) in [6.45, 7) is 2.47. The Labute approximate surface area is 207 Å². The molecular formula is C27H24FN3O5. The Bertz CT molecular complexity index is 1280. The number of halogens is 1. The van der Waals surface area contributed by atoms with E-state index in [1.54, 1.807) is 19.1 Å². The van der Waals surface area contributed by atoms with Crippen LogP contribution in [0.4, 0.5) is 4.39 Å². The van der Waals surface area contributed by atoms with E-state index >= 15 is 0 Å². The maximum absolute atomic E-state index is 13.1. The molecular weight excluding hydrogens is 465 g/mol. The van der Waals surface area contributed by atoms with Gasteiger partial charge in [0.15, 0.2) is 11.5 Å². The van der Waals surface area contributed by atoms with Crippen molar-refractivity contribution in [2.75, 3.05) is 13.2 Å². The third-order valence-corrected chi connectivity index (χ3v) is 5.63. The highest BCUT2D eigenvalue weighted by Gasteiger charge is 2.40. The molecule has 3 aromatic rings. The highest BCUT2D eigenvalue weighted by molar-refractivity contribution is 6.03. The highest BCUT2D eigenvalue weighted by atomic mass is 19.1. The summed E-state index contributed by atoms with van der Waals surface area (Å²) in [6, 6.07) is 19.1. The van der Waals surface area contributed by atoms with Gasteiger partial charge in [0.1, 0.15) is 11.7 Å². The lowest BCUT2D eigenvalue weighted by Gasteiger charge is -2.15. The number of benzene rings is 3. The summed E-state index contributed by atoms with van der Waals surface area (Å²) in [7, 11) is 0. The van der Waals surface area contributed by atoms with Crippen LogP contribution in [0.15, 0.2) is 77.9 Å². The summed E-state index contributed by atoms with van der Waals surface area (Å²) in [6.07, 6.45) is 1.40. The maximum Gasteiger partial charge on any atom is 0.343 e. The maximum atomic E-state index is 13.1. The summed E-state index contributed by atoms with van der Waals surface area (Å²) in [5, 5.41) is 6.73. The minimum atomic E-state index is -0.892. The van der Waals surface area contributed by atoms with E-state index < -0.39 is 23.6 Å². The second kappa shape index (κ2) is 11.3. The standard InChI is InChI=1S/C27H24FN3O5/c1-2-35-23-14-17(8-13-22(23)36-27(34)19-9-11-20(28)12-10-19)15-30-31-26(33)24-21(16-29-25(24)32)18-6-4-3-5-7-18/h3-15,21,24H,2,16H2,1H3,(H,29,32)(H,31,33)/b30-15+/t21-,24+/m0/s1. The van der Waals surface area contributed by atoms with Crippen molar-refractivity contribution in [3.05, 3.63) is 95.3 Å². The van der Waals surface area contributed by atoms with Crippen LogP contribution < -0.4 is 20.2 Å². The average Bonchev–Trinajstić information content (AvgIpc) is 3.28. The van der Waals surface area contributed by atoms with Gasteiger partial charge >= 0.3 is 5.97 Å². The first-order chi connectivity index (χ1) is 17.5. The largest absolute Gasteiger partial charge is 0.490 e. The molecule has 0 saturated carbocycles. The monoisotopic (exact) mass is 489 g/mol. The highest BCUT2D eigenvalue weighted by Crippen LogP contribution is 2.30. The molecule has 3 aromatic carbocycles. The molecule has 0 aromatic heterocycles. The topological polar surface area (TPSA) is 106 Å². The summed E-state index contributed by atoms with van der Waals surface area (Å²) < 4.78 is 24.1.